The van der Waals surface area contributed by atoms with Gasteiger partial charge in [0.2, 0.25) is 0 Å². The van der Waals surface area contributed by atoms with Gasteiger partial charge in [-0.25, -0.2) is 0 Å². The molecule has 0 saturated heterocycles. The van der Waals surface area contributed by atoms with Crippen LogP contribution in [0.2, 0.25) is 0 Å². The minimum atomic E-state index is 0.740. The fourth-order valence-corrected chi connectivity index (χ4v) is 2.03. The molecule has 1 N–H and O–H groups in total. The summed E-state index contributed by atoms with van der Waals surface area (Å²) >= 11 is 0. The van der Waals surface area contributed by atoms with E-state index in [0.29, 0.717) is 0 Å². The lowest BCUT2D eigenvalue weighted by Crippen LogP contribution is -2.02. The molecule has 0 aliphatic carbocycles. The van der Waals surface area contributed by atoms with E-state index in [1.54, 1.807) is 14.2 Å². The van der Waals surface area contributed by atoms with E-state index in [4.69, 9.17) is 9.47 Å². The molecule has 102 valence electrons. The number of nitrogens with one attached hydrogen (secondary N) is 1. The Bertz CT molecular complexity index is 561. The van der Waals surface area contributed by atoms with Gasteiger partial charge >= 0.3 is 0 Å². The van der Waals surface area contributed by atoms with Crippen molar-refractivity contribution in [2.75, 3.05) is 19.5 Å². The second-order valence-electron chi connectivity index (χ2n) is 4.56. The SMILES string of the molecule is COc1cc(C)c(NCc2ccn(C)c2)cc1OC. The Kier molecular flexibility index (Phi) is 4.00. The fraction of sp³-hybridized carbons (Fsp3) is 0.333. The van der Waals surface area contributed by atoms with E-state index in [1.807, 2.05) is 29.9 Å². The first-order chi connectivity index (χ1) is 9.13. The summed E-state index contributed by atoms with van der Waals surface area (Å²) in [6.45, 7) is 2.84. The van der Waals surface area contributed by atoms with Gasteiger partial charge in [-0.05, 0) is 30.2 Å². The normalized spacial score (nSPS) is 10.3. The molecule has 0 aliphatic heterocycles. The highest BCUT2D eigenvalue weighted by Gasteiger charge is 2.08. The molecular weight excluding hydrogens is 240 g/mol. The summed E-state index contributed by atoms with van der Waals surface area (Å²) in [6.07, 6.45) is 4.14. The minimum absolute atomic E-state index is 0.740. The van der Waals surface area contributed by atoms with Crippen LogP contribution in [0.25, 0.3) is 0 Å². The number of ether oxygens (including phenoxy) is 2. The van der Waals surface area contributed by atoms with E-state index in [9.17, 15) is 0 Å². The maximum Gasteiger partial charge on any atom is 0.162 e. The van der Waals surface area contributed by atoms with Gasteiger partial charge in [0.15, 0.2) is 11.5 Å². The van der Waals surface area contributed by atoms with E-state index in [1.165, 1.54) is 5.56 Å². The maximum absolute atomic E-state index is 5.32. The molecule has 1 aromatic heterocycles. The lowest BCUT2D eigenvalue weighted by molar-refractivity contribution is 0.355. The van der Waals surface area contributed by atoms with E-state index < -0.39 is 0 Å². The van der Waals surface area contributed by atoms with Crippen LogP contribution in [0.4, 0.5) is 5.69 Å². The smallest absolute Gasteiger partial charge is 0.162 e. The Morgan fingerprint density at radius 3 is 2.42 bits per heavy atom. The van der Waals surface area contributed by atoms with Gasteiger partial charge in [-0.2, -0.15) is 0 Å². The second kappa shape index (κ2) is 5.69. The number of rotatable bonds is 5. The minimum Gasteiger partial charge on any atom is -0.493 e. The van der Waals surface area contributed by atoms with Crippen LogP contribution < -0.4 is 14.8 Å². The summed E-state index contributed by atoms with van der Waals surface area (Å²) in [4.78, 5) is 0. The number of benzene rings is 1. The Morgan fingerprint density at radius 2 is 1.84 bits per heavy atom. The Hall–Kier alpha value is -2.10. The summed E-state index contributed by atoms with van der Waals surface area (Å²) in [6, 6.07) is 6.05. The van der Waals surface area contributed by atoms with Gasteiger partial charge in [0.05, 0.1) is 14.2 Å². The molecule has 19 heavy (non-hydrogen) atoms. The molecule has 0 aliphatic rings. The van der Waals surface area contributed by atoms with Gasteiger partial charge < -0.3 is 19.4 Å². The first kappa shape index (κ1) is 13.3. The van der Waals surface area contributed by atoms with Crippen LogP contribution in [0.3, 0.4) is 0 Å². The third-order valence-corrected chi connectivity index (χ3v) is 3.11. The monoisotopic (exact) mass is 260 g/mol. The molecule has 0 unspecified atom stereocenters. The lowest BCUT2D eigenvalue weighted by Gasteiger charge is -2.14. The molecule has 2 aromatic rings. The standard InChI is InChI=1S/C15H20N2O2/c1-11-7-14(18-3)15(19-4)8-13(11)16-9-12-5-6-17(2)10-12/h5-8,10,16H,9H2,1-4H3. The largest absolute Gasteiger partial charge is 0.493 e. The molecule has 1 heterocycles. The van der Waals surface area contributed by atoms with Crippen molar-refractivity contribution in [1.82, 2.24) is 4.57 Å². The third kappa shape index (κ3) is 3.02. The maximum atomic E-state index is 5.32. The summed E-state index contributed by atoms with van der Waals surface area (Å²) in [5.41, 5.74) is 3.44. The number of aromatic nitrogens is 1. The Morgan fingerprint density at radius 1 is 1.16 bits per heavy atom. The van der Waals surface area contributed by atoms with Gasteiger partial charge in [-0.1, -0.05) is 0 Å². The van der Waals surface area contributed by atoms with Crippen molar-refractivity contribution in [3.63, 3.8) is 0 Å². The van der Waals surface area contributed by atoms with Crippen LogP contribution in [-0.4, -0.2) is 18.8 Å². The molecule has 1 aromatic carbocycles. The molecule has 0 saturated carbocycles. The summed E-state index contributed by atoms with van der Waals surface area (Å²) in [5, 5.41) is 3.42. The molecule has 4 heteroatoms. The van der Waals surface area contributed by atoms with Crippen molar-refractivity contribution in [3.8, 4) is 11.5 Å². The first-order valence-electron chi connectivity index (χ1n) is 6.21. The summed E-state index contributed by atoms with van der Waals surface area (Å²) < 4.78 is 12.6. The zero-order valence-corrected chi connectivity index (χ0v) is 11.9. The third-order valence-electron chi connectivity index (χ3n) is 3.11. The summed E-state index contributed by atoms with van der Waals surface area (Å²) in [7, 11) is 5.31. The van der Waals surface area contributed by atoms with Gasteiger partial charge in [-0.3, -0.25) is 0 Å². The summed E-state index contributed by atoms with van der Waals surface area (Å²) in [5.74, 6) is 1.49. The van der Waals surface area contributed by atoms with Crippen LogP contribution in [0.1, 0.15) is 11.1 Å². The second-order valence-corrected chi connectivity index (χ2v) is 4.56. The van der Waals surface area contributed by atoms with Crippen LogP contribution >= 0.6 is 0 Å². The molecule has 2 rings (SSSR count). The van der Waals surface area contributed by atoms with E-state index in [0.717, 1.165) is 29.3 Å². The molecule has 0 atom stereocenters. The van der Waals surface area contributed by atoms with Crippen LogP contribution in [-0.2, 0) is 13.6 Å². The molecule has 0 radical (unpaired) electrons. The van der Waals surface area contributed by atoms with Crippen LogP contribution in [0, 0.1) is 6.92 Å². The van der Waals surface area contributed by atoms with Crippen LogP contribution in [0.5, 0.6) is 11.5 Å². The number of hydrogen-bond donors (Lipinski definition) is 1. The highest BCUT2D eigenvalue weighted by Crippen LogP contribution is 2.33. The molecule has 0 fully saturated rings. The number of aryl methyl sites for hydroxylation is 2. The lowest BCUT2D eigenvalue weighted by atomic mass is 10.1. The van der Waals surface area contributed by atoms with Crippen molar-refractivity contribution < 1.29 is 9.47 Å². The highest BCUT2D eigenvalue weighted by molar-refractivity contribution is 5.60. The zero-order chi connectivity index (χ0) is 13.8. The van der Waals surface area contributed by atoms with Crippen LogP contribution in [0.15, 0.2) is 30.6 Å². The van der Waals surface area contributed by atoms with Gasteiger partial charge in [0, 0.05) is 37.7 Å². The van der Waals surface area contributed by atoms with Crippen molar-refractivity contribution in [2.45, 2.75) is 13.5 Å². The fourth-order valence-electron chi connectivity index (χ4n) is 2.03. The Labute approximate surface area is 114 Å². The van der Waals surface area contributed by atoms with E-state index in [-0.39, 0.29) is 0 Å². The number of nitrogens with zero attached hydrogens (tertiary/aromatic N) is 1. The molecule has 4 nitrogen and oxygen atoms in total. The highest BCUT2D eigenvalue weighted by atomic mass is 16.5. The topological polar surface area (TPSA) is 35.4 Å². The molecule has 0 amide bonds. The van der Waals surface area contributed by atoms with Gasteiger partial charge in [-0.15, -0.1) is 0 Å². The average Bonchev–Trinajstić information content (AvgIpc) is 2.82. The molecular formula is C15H20N2O2. The average molecular weight is 260 g/mol. The molecule has 0 bridgehead atoms. The predicted octanol–water partition coefficient (Wildman–Crippen LogP) is 2.96. The first-order valence-corrected chi connectivity index (χ1v) is 6.21. The number of methoxy groups -OCH3 is 2. The van der Waals surface area contributed by atoms with Gasteiger partial charge in [0.1, 0.15) is 0 Å². The van der Waals surface area contributed by atoms with Crippen molar-refractivity contribution >= 4 is 5.69 Å². The zero-order valence-electron chi connectivity index (χ0n) is 11.9. The van der Waals surface area contributed by atoms with E-state index in [2.05, 4.69) is 24.5 Å². The Balaban J connectivity index is 2.15. The number of hydrogen-bond acceptors (Lipinski definition) is 3. The van der Waals surface area contributed by atoms with Crippen molar-refractivity contribution in [1.29, 1.82) is 0 Å². The van der Waals surface area contributed by atoms with Gasteiger partial charge in [0.25, 0.3) is 0 Å². The van der Waals surface area contributed by atoms with Crippen molar-refractivity contribution in [2.24, 2.45) is 7.05 Å². The quantitative estimate of drug-likeness (QED) is 0.897. The van der Waals surface area contributed by atoms with Crippen molar-refractivity contribution in [3.05, 3.63) is 41.7 Å². The molecule has 0 spiro atoms. The van der Waals surface area contributed by atoms with E-state index >= 15 is 0 Å². The number of anilines is 1. The predicted molar refractivity (Wildman–Crippen MR) is 77.0 cm³/mol.